The number of Topliss-reactive ketones (excluding diaryl/α,β-unsaturated/α-hetero) is 1. The Bertz CT molecular complexity index is 358. The standard InChI is InChI=1S/C12H16O3/c1-8-7-10(15-4)5-6-11(8)12(13)9(2)14-3/h5-7,9H,1-4H3. The molecule has 82 valence electrons. The summed E-state index contributed by atoms with van der Waals surface area (Å²) < 4.78 is 10.1. The van der Waals surface area contributed by atoms with Gasteiger partial charge in [0.05, 0.1) is 7.11 Å². The van der Waals surface area contributed by atoms with Gasteiger partial charge in [-0.05, 0) is 37.6 Å². The van der Waals surface area contributed by atoms with Crippen molar-refractivity contribution in [2.75, 3.05) is 14.2 Å². The highest BCUT2D eigenvalue weighted by molar-refractivity contribution is 6.00. The Morgan fingerprint density at radius 1 is 1.33 bits per heavy atom. The van der Waals surface area contributed by atoms with Crippen molar-refractivity contribution in [1.82, 2.24) is 0 Å². The molecule has 1 rings (SSSR count). The van der Waals surface area contributed by atoms with Gasteiger partial charge in [-0.2, -0.15) is 0 Å². The first-order chi connectivity index (χ1) is 7.10. The molecule has 1 aromatic rings. The largest absolute Gasteiger partial charge is 0.497 e. The minimum absolute atomic E-state index is 0.00217. The summed E-state index contributed by atoms with van der Waals surface area (Å²) in [4.78, 5) is 11.8. The van der Waals surface area contributed by atoms with Gasteiger partial charge in [-0.25, -0.2) is 0 Å². The van der Waals surface area contributed by atoms with Crippen LogP contribution in [0.3, 0.4) is 0 Å². The molecule has 0 spiro atoms. The van der Waals surface area contributed by atoms with Gasteiger partial charge in [-0.1, -0.05) is 0 Å². The van der Waals surface area contributed by atoms with Crippen molar-refractivity contribution in [2.24, 2.45) is 0 Å². The first kappa shape index (κ1) is 11.7. The molecule has 0 saturated heterocycles. The lowest BCUT2D eigenvalue weighted by molar-refractivity contribution is 0.0655. The molecule has 1 atom stereocenters. The fourth-order valence-electron chi connectivity index (χ4n) is 1.37. The van der Waals surface area contributed by atoms with Crippen molar-refractivity contribution in [1.29, 1.82) is 0 Å². The molecule has 0 fully saturated rings. The fraction of sp³-hybridized carbons (Fsp3) is 0.417. The quantitative estimate of drug-likeness (QED) is 0.712. The summed E-state index contributed by atoms with van der Waals surface area (Å²) in [5.74, 6) is 0.756. The van der Waals surface area contributed by atoms with E-state index in [0.29, 0.717) is 5.56 Å². The van der Waals surface area contributed by atoms with Crippen LogP contribution in [0.15, 0.2) is 18.2 Å². The van der Waals surface area contributed by atoms with E-state index in [-0.39, 0.29) is 5.78 Å². The molecule has 3 nitrogen and oxygen atoms in total. The third kappa shape index (κ3) is 2.57. The van der Waals surface area contributed by atoms with E-state index in [0.717, 1.165) is 11.3 Å². The second-order valence-corrected chi connectivity index (χ2v) is 3.42. The highest BCUT2D eigenvalue weighted by Gasteiger charge is 2.16. The third-order valence-electron chi connectivity index (χ3n) is 2.42. The Morgan fingerprint density at radius 2 is 2.00 bits per heavy atom. The summed E-state index contributed by atoms with van der Waals surface area (Å²) >= 11 is 0. The smallest absolute Gasteiger partial charge is 0.191 e. The molecule has 0 N–H and O–H groups in total. The first-order valence-corrected chi connectivity index (χ1v) is 4.81. The van der Waals surface area contributed by atoms with E-state index in [2.05, 4.69) is 0 Å². The van der Waals surface area contributed by atoms with Crippen molar-refractivity contribution >= 4 is 5.78 Å². The van der Waals surface area contributed by atoms with Gasteiger partial charge in [0.1, 0.15) is 11.9 Å². The highest BCUT2D eigenvalue weighted by Crippen LogP contribution is 2.18. The zero-order chi connectivity index (χ0) is 11.4. The minimum Gasteiger partial charge on any atom is -0.497 e. The maximum Gasteiger partial charge on any atom is 0.191 e. The van der Waals surface area contributed by atoms with Crippen LogP contribution < -0.4 is 4.74 Å². The van der Waals surface area contributed by atoms with Crippen molar-refractivity contribution in [3.63, 3.8) is 0 Å². The number of rotatable bonds is 4. The number of carbonyl (C=O) groups excluding carboxylic acids is 1. The fourth-order valence-corrected chi connectivity index (χ4v) is 1.37. The Balaban J connectivity index is 3.00. The van der Waals surface area contributed by atoms with Crippen LogP contribution in [0.4, 0.5) is 0 Å². The first-order valence-electron chi connectivity index (χ1n) is 4.81. The predicted octanol–water partition coefficient (Wildman–Crippen LogP) is 2.22. The number of ether oxygens (including phenoxy) is 2. The van der Waals surface area contributed by atoms with Gasteiger partial charge in [0.15, 0.2) is 5.78 Å². The number of aryl methyl sites for hydroxylation is 1. The van der Waals surface area contributed by atoms with Crippen LogP contribution in [0.2, 0.25) is 0 Å². The molecule has 0 aromatic heterocycles. The summed E-state index contributed by atoms with van der Waals surface area (Å²) in [7, 11) is 3.13. The van der Waals surface area contributed by atoms with Crippen LogP contribution in [-0.2, 0) is 4.74 Å². The predicted molar refractivity (Wildman–Crippen MR) is 58.5 cm³/mol. The monoisotopic (exact) mass is 208 g/mol. The van der Waals surface area contributed by atoms with Gasteiger partial charge >= 0.3 is 0 Å². The molecular formula is C12H16O3. The highest BCUT2D eigenvalue weighted by atomic mass is 16.5. The zero-order valence-corrected chi connectivity index (χ0v) is 9.53. The van der Waals surface area contributed by atoms with Crippen LogP contribution in [0.5, 0.6) is 5.75 Å². The van der Waals surface area contributed by atoms with Gasteiger partial charge < -0.3 is 9.47 Å². The van der Waals surface area contributed by atoms with E-state index in [1.165, 1.54) is 7.11 Å². The molecule has 0 amide bonds. The number of methoxy groups -OCH3 is 2. The Morgan fingerprint density at radius 3 is 2.47 bits per heavy atom. The summed E-state index contributed by atoms with van der Waals surface area (Å²) in [6.45, 7) is 3.63. The van der Waals surface area contributed by atoms with Crippen LogP contribution in [-0.4, -0.2) is 26.1 Å². The summed E-state index contributed by atoms with van der Waals surface area (Å²) in [5.41, 5.74) is 1.59. The molecule has 1 unspecified atom stereocenters. The number of ketones is 1. The maximum atomic E-state index is 11.8. The van der Waals surface area contributed by atoms with E-state index in [9.17, 15) is 4.79 Å². The molecule has 1 aromatic carbocycles. The molecular weight excluding hydrogens is 192 g/mol. The molecule has 0 saturated carbocycles. The van der Waals surface area contributed by atoms with Gasteiger partial charge in [-0.15, -0.1) is 0 Å². The summed E-state index contributed by atoms with van der Waals surface area (Å²) in [6, 6.07) is 5.39. The topological polar surface area (TPSA) is 35.5 Å². The third-order valence-corrected chi connectivity index (χ3v) is 2.42. The number of carbonyl (C=O) groups is 1. The van der Waals surface area contributed by atoms with E-state index in [1.807, 2.05) is 13.0 Å². The Hall–Kier alpha value is -1.35. The lowest BCUT2D eigenvalue weighted by Crippen LogP contribution is -2.19. The normalized spacial score (nSPS) is 12.3. The van der Waals surface area contributed by atoms with Gasteiger partial charge in [0.2, 0.25) is 0 Å². The molecule has 0 aliphatic rings. The molecule has 0 radical (unpaired) electrons. The Labute approximate surface area is 90.0 Å². The number of hydrogen-bond acceptors (Lipinski definition) is 3. The summed E-state index contributed by atoms with van der Waals surface area (Å²) in [6.07, 6.45) is -0.405. The minimum atomic E-state index is -0.405. The second-order valence-electron chi connectivity index (χ2n) is 3.42. The molecule has 3 heteroatoms. The Kier molecular flexibility index (Phi) is 3.86. The average molecular weight is 208 g/mol. The van der Waals surface area contributed by atoms with Gasteiger partial charge in [0, 0.05) is 12.7 Å². The van der Waals surface area contributed by atoms with Crippen molar-refractivity contribution < 1.29 is 14.3 Å². The average Bonchev–Trinajstić information content (AvgIpc) is 2.26. The number of benzene rings is 1. The van der Waals surface area contributed by atoms with E-state index < -0.39 is 6.10 Å². The zero-order valence-electron chi connectivity index (χ0n) is 9.53. The lowest BCUT2D eigenvalue weighted by Gasteiger charge is -2.11. The SMILES string of the molecule is COc1ccc(C(=O)C(C)OC)c(C)c1. The molecule has 0 bridgehead atoms. The lowest BCUT2D eigenvalue weighted by atomic mass is 10.0. The van der Waals surface area contributed by atoms with Crippen LogP contribution >= 0.6 is 0 Å². The van der Waals surface area contributed by atoms with Crippen molar-refractivity contribution in [2.45, 2.75) is 20.0 Å². The molecule has 0 aliphatic heterocycles. The van der Waals surface area contributed by atoms with Gasteiger partial charge in [-0.3, -0.25) is 4.79 Å². The van der Waals surface area contributed by atoms with Crippen molar-refractivity contribution in [3.8, 4) is 5.75 Å². The van der Waals surface area contributed by atoms with Crippen LogP contribution in [0.25, 0.3) is 0 Å². The van der Waals surface area contributed by atoms with Gasteiger partial charge in [0.25, 0.3) is 0 Å². The van der Waals surface area contributed by atoms with Crippen molar-refractivity contribution in [3.05, 3.63) is 29.3 Å². The van der Waals surface area contributed by atoms with Crippen LogP contribution in [0.1, 0.15) is 22.8 Å². The molecule has 0 heterocycles. The number of hydrogen-bond donors (Lipinski definition) is 0. The van der Waals surface area contributed by atoms with Crippen LogP contribution in [0, 0.1) is 6.92 Å². The molecule has 15 heavy (non-hydrogen) atoms. The van der Waals surface area contributed by atoms with E-state index in [1.54, 1.807) is 26.2 Å². The second kappa shape index (κ2) is 4.94. The molecule has 0 aliphatic carbocycles. The maximum absolute atomic E-state index is 11.8. The van der Waals surface area contributed by atoms with E-state index >= 15 is 0 Å². The summed E-state index contributed by atoms with van der Waals surface area (Å²) in [5, 5.41) is 0. The van der Waals surface area contributed by atoms with E-state index in [4.69, 9.17) is 9.47 Å².